The Hall–Kier alpha value is -3.15. The van der Waals surface area contributed by atoms with Crippen LogP contribution in [0, 0.1) is 0 Å². The third-order valence-corrected chi connectivity index (χ3v) is 14.2. The van der Waals surface area contributed by atoms with Gasteiger partial charge in [-0.3, -0.25) is 14.4 Å². The average molecular weight is 1050 g/mol. The lowest BCUT2D eigenvalue weighted by Crippen LogP contribution is -2.30. The summed E-state index contributed by atoms with van der Waals surface area (Å²) in [5.74, 6) is -0.867. The molecule has 0 saturated carbocycles. The predicted octanol–water partition coefficient (Wildman–Crippen LogP) is 22.1. The van der Waals surface area contributed by atoms with Gasteiger partial charge in [-0.2, -0.15) is 0 Å². The van der Waals surface area contributed by atoms with Crippen molar-refractivity contribution in [3.05, 3.63) is 72.9 Å². The fourth-order valence-corrected chi connectivity index (χ4v) is 9.35. The summed E-state index contributed by atoms with van der Waals surface area (Å²) >= 11 is 0. The highest BCUT2D eigenvalue weighted by Gasteiger charge is 2.19. The van der Waals surface area contributed by atoms with E-state index in [-0.39, 0.29) is 31.1 Å². The van der Waals surface area contributed by atoms with Crippen LogP contribution in [0.3, 0.4) is 0 Å². The fraction of sp³-hybridized carbons (Fsp3) is 0.783. The smallest absolute Gasteiger partial charge is 0.306 e. The second-order valence-corrected chi connectivity index (χ2v) is 21.6. The van der Waals surface area contributed by atoms with Gasteiger partial charge in [-0.1, -0.05) is 293 Å². The molecule has 0 aliphatic carbocycles. The Balaban J connectivity index is 4.15. The summed E-state index contributed by atoms with van der Waals surface area (Å²) in [6.45, 7) is 6.54. The zero-order chi connectivity index (χ0) is 54.3. The molecule has 0 amide bonds. The quantitative estimate of drug-likeness (QED) is 0.0261. The van der Waals surface area contributed by atoms with E-state index in [9.17, 15) is 14.4 Å². The first kappa shape index (κ1) is 71.8. The lowest BCUT2D eigenvalue weighted by molar-refractivity contribution is -0.167. The van der Waals surface area contributed by atoms with Crippen molar-refractivity contribution >= 4 is 17.9 Å². The number of hydrogen-bond acceptors (Lipinski definition) is 6. The molecule has 0 fully saturated rings. The molecule has 0 aliphatic rings. The lowest BCUT2D eigenvalue weighted by atomic mass is 10.0. The van der Waals surface area contributed by atoms with Crippen LogP contribution in [-0.2, 0) is 28.6 Å². The number of carbonyl (C=O) groups excluding carboxylic acids is 3. The van der Waals surface area contributed by atoms with E-state index >= 15 is 0 Å². The maximum absolute atomic E-state index is 12.9. The van der Waals surface area contributed by atoms with Crippen LogP contribution in [0.2, 0.25) is 0 Å². The Bertz CT molecular complexity index is 1390. The van der Waals surface area contributed by atoms with E-state index in [1.54, 1.807) is 0 Å². The van der Waals surface area contributed by atoms with E-state index in [2.05, 4.69) is 93.7 Å². The van der Waals surface area contributed by atoms with Crippen LogP contribution in [0.4, 0.5) is 0 Å². The van der Waals surface area contributed by atoms with Crippen molar-refractivity contribution in [3.63, 3.8) is 0 Å². The standard InChI is InChI=1S/C69H122O6/c1-4-7-10-13-16-19-22-25-26-27-28-29-30-31-32-33-34-35-36-37-38-39-40-41-42-45-47-50-53-56-59-62-68(71)74-65-66(75-69(72)63-60-57-54-51-48-44-24-21-18-15-12-9-6-3)64-73-67(70)61-58-55-52-49-46-43-23-20-17-14-11-8-5-2/h7,10,16,19,21,24-26,28-29,31-32,66H,4-6,8-9,11-15,17-18,20,22-23,27,30,33-65H2,1-3H3/b10-7-,19-16-,24-21-,26-25-,29-28-,32-31-. The highest BCUT2D eigenvalue weighted by molar-refractivity contribution is 5.71. The molecule has 0 aliphatic heterocycles. The summed E-state index contributed by atoms with van der Waals surface area (Å²) < 4.78 is 16.9. The summed E-state index contributed by atoms with van der Waals surface area (Å²) in [6.07, 6.45) is 82.0. The van der Waals surface area contributed by atoms with Gasteiger partial charge >= 0.3 is 17.9 Å². The van der Waals surface area contributed by atoms with Crippen molar-refractivity contribution in [2.75, 3.05) is 13.2 Å². The number of rotatable bonds is 59. The van der Waals surface area contributed by atoms with Gasteiger partial charge in [-0.25, -0.2) is 0 Å². The van der Waals surface area contributed by atoms with Crippen molar-refractivity contribution in [2.45, 2.75) is 335 Å². The molecular weight excluding hydrogens is 925 g/mol. The molecule has 0 radical (unpaired) electrons. The second kappa shape index (κ2) is 63.4. The molecule has 1 atom stereocenters. The van der Waals surface area contributed by atoms with E-state index < -0.39 is 6.10 Å². The average Bonchev–Trinajstić information content (AvgIpc) is 3.41. The molecule has 434 valence electrons. The molecule has 6 heteroatoms. The number of hydrogen-bond donors (Lipinski definition) is 0. The van der Waals surface area contributed by atoms with Crippen molar-refractivity contribution in [1.29, 1.82) is 0 Å². The SMILES string of the molecule is CC/C=C\C/C=C\C/C=C\C/C=C\C/C=C\CCCCCCCCCCCCCCCCCC(=O)OCC(COC(=O)CCCCCCCCCCCCCCC)OC(=O)CCCCCCC/C=C\CCCCCC. The van der Waals surface area contributed by atoms with Crippen LogP contribution in [0.5, 0.6) is 0 Å². The summed E-state index contributed by atoms with van der Waals surface area (Å²) in [4.78, 5) is 38.2. The van der Waals surface area contributed by atoms with Crippen molar-refractivity contribution in [1.82, 2.24) is 0 Å². The molecule has 0 aromatic rings. The number of unbranched alkanes of at least 4 members (excludes halogenated alkanes) is 36. The molecule has 6 nitrogen and oxygen atoms in total. The van der Waals surface area contributed by atoms with Crippen molar-refractivity contribution in [3.8, 4) is 0 Å². The highest BCUT2D eigenvalue weighted by Crippen LogP contribution is 2.17. The Kier molecular flexibility index (Phi) is 60.7. The molecule has 0 spiro atoms. The first-order chi connectivity index (χ1) is 37.0. The first-order valence-corrected chi connectivity index (χ1v) is 32.4. The van der Waals surface area contributed by atoms with Gasteiger partial charge in [-0.15, -0.1) is 0 Å². The van der Waals surface area contributed by atoms with E-state index in [1.165, 1.54) is 193 Å². The number of esters is 3. The Morgan fingerprint density at radius 2 is 0.520 bits per heavy atom. The molecule has 0 rings (SSSR count). The van der Waals surface area contributed by atoms with Gasteiger partial charge in [0.15, 0.2) is 6.10 Å². The molecule has 75 heavy (non-hydrogen) atoms. The van der Waals surface area contributed by atoms with Crippen molar-refractivity contribution < 1.29 is 28.6 Å². The molecule has 0 saturated heterocycles. The van der Waals surface area contributed by atoms with Crippen LogP contribution >= 0.6 is 0 Å². The maximum Gasteiger partial charge on any atom is 0.306 e. The first-order valence-electron chi connectivity index (χ1n) is 32.4. The second-order valence-electron chi connectivity index (χ2n) is 21.6. The van der Waals surface area contributed by atoms with Crippen LogP contribution < -0.4 is 0 Å². The summed E-state index contributed by atoms with van der Waals surface area (Å²) in [7, 11) is 0. The monoisotopic (exact) mass is 1050 g/mol. The molecule has 0 aromatic carbocycles. The molecule has 0 N–H and O–H groups in total. The highest BCUT2D eigenvalue weighted by atomic mass is 16.6. The van der Waals surface area contributed by atoms with E-state index in [1.807, 2.05) is 0 Å². The van der Waals surface area contributed by atoms with E-state index in [4.69, 9.17) is 14.2 Å². The van der Waals surface area contributed by atoms with Gasteiger partial charge in [0.25, 0.3) is 0 Å². The van der Waals surface area contributed by atoms with Gasteiger partial charge in [0.1, 0.15) is 13.2 Å². The van der Waals surface area contributed by atoms with Crippen LogP contribution in [-0.4, -0.2) is 37.2 Å². The Labute approximate surface area is 465 Å². The lowest BCUT2D eigenvalue weighted by Gasteiger charge is -2.18. The Morgan fingerprint density at radius 3 is 0.840 bits per heavy atom. The van der Waals surface area contributed by atoms with Gasteiger partial charge in [0.2, 0.25) is 0 Å². The minimum atomic E-state index is -0.776. The zero-order valence-corrected chi connectivity index (χ0v) is 49.8. The van der Waals surface area contributed by atoms with Crippen LogP contribution in [0.1, 0.15) is 329 Å². The normalized spacial score (nSPS) is 12.5. The fourth-order valence-electron chi connectivity index (χ4n) is 9.35. The third kappa shape index (κ3) is 61.6. The van der Waals surface area contributed by atoms with Gasteiger partial charge < -0.3 is 14.2 Å². The minimum Gasteiger partial charge on any atom is -0.462 e. The largest absolute Gasteiger partial charge is 0.462 e. The molecular formula is C69H122O6. The van der Waals surface area contributed by atoms with Gasteiger partial charge in [-0.05, 0) is 89.9 Å². The van der Waals surface area contributed by atoms with Crippen LogP contribution in [0.25, 0.3) is 0 Å². The maximum atomic E-state index is 12.9. The topological polar surface area (TPSA) is 78.9 Å². The molecule has 1 unspecified atom stereocenters. The Morgan fingerprint density at radius 1 is 0.280 bits per heavy atom. The van der Waals surface area contributed by atoms with Crippen molar-refractivity contribution in [2.24, 2.45) is 0 Å². The predicted molar refractivity (Wildman–Crippen MR) is 325 cm³/mol. The van der Waals surface area contributed by atoms with E-state index in [0.29, 0.717) is 19.3 Å². The van der Waals surface area contributed by atoms with E-state index in [0.717, 1.165) is 96.3 Å². The number of carbonyl (C=O) groups is 3. The summed E-state index contributed by atoms with van der Waals surface area (Å²) in [5, 5.41) is 0. The zero-order valence-electron chi connectivity index (χ0n) is 49.8. The van der Waals surface area contributed by atoms with Crippen LogP contribution in [0.15, 0.2) is 72.9 Å². The van der Waals surface area contributed by atoms with Gasteiger partial charge in [0.05, 0.1) is 0 Å². The third-order valence-electron chi connectivity index (χ3n) is 14.2. The molecule has 0 aromatic heterocycles. The minimum absolute atomic E-state index is 0.0735. The number of allylic oxidation sites excluding steroid dienone is 12. The summed E-state index contributed by atoms with van der Waals surface area (Å²) in [5.41, 5.74) is 0. The molecule has 0 heterocycles. The summed E-state index contributed by atoms with van der Waals surface area (Å²) in [6, 6.07) is 0. The van der Waals surface area contributed by atoms with Gasteiger partial charge in [0, 0.05) is 19.3 Å². The molecule has 0 bridgehead atoms. The number of ether oxygens (including phenoxy) is 3.